The Labute approximate surface area is 118 Å². The molecule has 21 heavy (non-hydrogen) atoms. The van der Waals surface area contributed by atoms with Crippen LogP contribution in [-0.4, -0.2) is 16.8 Å². The highest BCUT2D eigenvalue weighted by atomic mass is 19.1. The quantitative estimate of drug-likeness (QED) is 0.765. The lowest BCUT2D eigenvalue weighted by Gasteiger charge is -2.08. The minimum absolute atomic E-state index is 0.00391. The van der Waals surface area contributed by atoms with Crippen LogP contribution in [0.3, 0.4) is 0 Å². The van der Waals surface area contributed by atoms with E-state index in [2.05, 4.69) is 4.98 Å². The van der Waals surface area contributed by atoms with Crippen LogP contribution in [0, 0.1) is 5.82 Å². The van der Waals surface area contributed by atoms with Crippen molar-refractivity contribution in [3.05, 3.63) is 47.4 Å². The molecule has 0 aliphatic carbocycles. The maximum absolute atomic E-state index is 13.6. The molecule has 0 fully saturated rings. The van der Waals surface area contributed by atoms with Crippen molar-refractivity contribution in [3.8, 4) is 11.6 Å². The van der Waals surface area contributed by atoms with Crippen LogP contribution in [0.15, 0.2) is 30.5 Å². The molecule has 1 aromatic heterocycles. The summed E-state index contributed by atoms with van der Waals surface area (Å²) >= 11 is 0. The SMILES string of the molecule is NC(=O)c1cc(Oc2ccc(C(N)=O)c(F)c2)ncc1N. The van der Waals surface area contributed by atoms with E-state index in [0.717, 1.165) is 6.07 Å². The van der Waals surface area contributed by atoms with Gasteiger partial charge in [-0.1, -0.05) is 0 Å². The predicted octanol–water partition coefficient (Wildman–Crippen LogP) is 0.793. The molecule has 6 N–H and O–H groups in total. The lowest BCUT2D eigenvalue weighted by Crippen LogP contribution is -2.14. The number of rotatable bonds is 4. The van der Waals surface area contributed by atoms with Gasteiger partial charge < -0.3 is 21.9 Å². The molecule has 0 bridgehead atoms. The normalized spacial score (nSPS) is 10.1. The molecule has 1 aromatic carbocycles. The molecule has 1 heterocycles. The zero-order chi connectivity index (χ0) is 15.6. The van der Waals surface area contributed by atoms with Crippen molar-refractivity contribution in [2.24, 2.45) is 11.5 Å². The molecule has 2 amide bonds. The Hall–Kier alpha value is -3.16. The van der Waals surface area contributed by atoms with Gasteiger partial charge in [-0.05, 0) is 12.1 Å². The number of aromatic nitrogens is 1. The van der Waals surface area contributed by atoms with E-state index in [-0.39, 0.29) is 28.4 Å². The first-order valence-corrected chi connectivity index (χ1v) is 5.71. The number of carbonyl (C=O) groups is 2. The highest BCUT2D eigenvalue weighted by molar-refractivity contribution is 5.98. The standard InChI is InChI=1S/C13H11FN4O3/c14-9-3-6(1-2-7(9)12(16)19)21-11-4-8(13(17)20)10(15)5-18-11/h1-5H,15H2,(H2,16,19)(H2,17,20). The van der Waals surface area contributed by atoms with Gasteiger partial charge in [0, 0.05) is 12.1 Å². The summed E-state index contributed by atoms with van der Waals surface area (Å²) in [5.41, 5.74) is 15.5. The Balaban J connectivity index is 2.30. The van der Waals surface area contributed by atoms with Crippen LogP contribution in [0.5, 0.6) is 11.6 Å². The van der Waals surface area contributed by atoms with E-state index in [9.17, 15) is 14.0 Å². The lowest BCUT2D eigenvalue weighted by atomic mass is 10.2. The Morgan fingerprint density at radius 3 is 2.33 bits per heavy atom. The van der Waals surface area contributed by atoms with Crippen molar-refractivity contribution in [2.45, 2.75) is 0 Å². The summed E-state index contributed by atoms with van der Waals surface area (Å²) in [5, 5.41) is 0. The van der Waals surface area contributed by atoms with Crippen molar-refractivity contribution < 1.29 is 18.7 Å². The summed E-state index contributed by atoms with van der Waals surface area (Å²) in [7, 11) is 0. The third-order valence-electron chi connectivity index (χ3n) is 2.60. The summed E-state index contributed by atoms with van der Waals surface area (Å²) < 4.78 is 18.9. The fourth-order valence-corrected chi connectivity index (χ4v) is 1.60. The van der Waals surface area contributed by atoms with Crippen molar-refractivity contribution in [1.29, 1.82) is 0 Å². The van der Waals surface area contributed by atoms with Crippen LogP contribution in [0.4, 0.5) is 10.1 Å². The summed E-state index contributed by atoms with van der Waals surface area (Å²) in [5.74, 6) is -2.38. The number of benzene rings is 1. The molecule has 0 atom stereocenters. The Kier molecular flexibility index (Phi) is 3.70. The zero-order valence-corrected chi connectivity index (χ0v) is 10.7. The first-order chi connectivity index (χ1) is 9.88. The Morgan fingerprint density at radius 2 is 1.76 bits per heavy atom. The van der Waals surface area contributed by atoms with Gasteiger partial charge in [0.15, 0.2) is 0 Å². The lowest BCUT2D eigenvalue weighted by molar-refractivity contribution is 0.0989. The van der Waals surface area contributed by atoms with E-state index in [1.54, 1.807) is 0 Å². The number of hydrogen-bond donors (Lipinski definition) is 3. The minimum atomic E-state index is -0.888. The van der Waals surface area contributed by atoms with E-state index in [1.807, 2.05) is 0 Å². The van der Waals surface area contributed by atoms with E-state index in [4.69, 9.17) is 21.9 Å². The number of ether oxygens (including phenoxy) is 1. The number of carbonyl (C=O) groups excluding carboxylic acids is 2. The fourth-order valence-electron chi connectivity index (χ4n) is 1.60. The number of primary amides is 2. The van der Waals surface area contributed by atoms with Gasteiger partial charge in [-0.15, -0.1) is 0 Å². The molecule has 0 aliphatic heterocycles. The van der Waals surface area contributed by atoms with Crippen LogP contribution in [0.25, 0.3) is 0 Å². The monoisotopic (exact) mass is 290 g/mol. The molecule has 0 radical (unpaired) electrons. The highest BCUT2D eigenvalue weighted by Crippen LogP contribution is 2.24. The molecule has 0 unspecified atom stereocenters. The molecule has 0 aliphatic rings. The van der Waals surface area contributed by atoms with Gasteiger partial charge in [0.25, 0.3) is 11.8 Å². The second-order valence-corrected chi connectivity index (χ2v) is 4.08. The molecule has 0 saturated carbocycles. The van der Waals surface area contributed by atoms with E-state index >= 15 is 0 Å². The second kappa shape index (κ2) is 5.45. The van der Waals surface area contributed by atoms with Crippen LogP contribution < -0.4 is 21.9 Å². The second-order valence-electron chi connectivity index (χ2n) is 4.08. The van der Waals surface area contributed by atoms with Crippen molar-refractivity contribution in [3.63, 3.8) is 0 Å². The third-order valence-corrected chi connectivity index (χ3v) is 2.60. The number of anilines is 1. The molecular formula is C13H11FN4O3. The highest BCUT2D eigenvalue weighted by Gasteiger charge is 2.12. The van der Waals surface area contributed by atoms with Gasteiger partial charge in [-0.25, -0.2) is 9.37 Å². The molecule has 2 aromatic rings. The third kappa shape index (κ3) is 3.06. The maximum atomic E-state index is 13.6. The van der Waals surface area contributed by atoms with Gasteiger partial charge in [0.2, 0.25) is 5.88 Å². The van der Waals surface area contributed by atoms with Crippen LogP contribution in [0.1, 0.15) is 20.7 Å². The van der Waals surface area contributed by atoms with Crippen molar-refractivity contribution >= 4 is 17.5 Å². The summed E-state index contributed by atoms with van der Waals surface area (Å²) in [4.78, 5) is 25.9. The van der Waals surface area contributed by atoms with Gasteiger partial charge in [-0.3, -0.25) is 9.59 Å². The first-order valence-electron chi connectivity index (χ1n) is 5.71. The van der Waals surface area contributed by atoms with Gasteiger partial charge >= 0.3 is 0 Å². The molecule has 108 valence electrons. The Morgan fingerprint density at radius 1 is 1.10 bits per heavy atom. The topological polar surface area (TPSA) is 134 Å². The van der Waals surface area contributed by atoms with E-state index in [0.29, 0.717) is 0 Å². The van der Waals surface area contributed by atoms with Crippen molar-refractivity contribution in [2.75, 3.05) is 5.73 Å². The molecule has 8 heteroatoms. The largest absolute Gasteiger partial charge is 0.439 e. The van der Waals surface area contributed by atoms with Gasteiger partial charge in [-0.2, -0.15) is 0 Å². The van der Waals surface area contributed by atoms with Crippen LogP contribution in [-0.2, 0) is 0 Å². The molecule has 0 spiro atoms. The average Bonchev–Trinajstić information content (AvgIpc) is 2.40. The molecule has 2 rings (SSSR count). The van der Waals surface area contributed by atoms with Crippen LogP contribution in [0.2, 0.25) is 0 Å². The number of hydrogen-bond acceptors (Lipinski definition) is 5. The number of amides is 2. The number of nitrogens with zero attached hydrogens (tertiary/aromatic N) is 1. The molecule has 0 saturated heterocycles. The Bertz CT molecular complexity index is 733. The average molecular weight is 290 g/mol. The van der Waals surface area contributed by atoms with E-state index < -0.39 is 17.6 Å². The summed E-state index contributed by atoms with van der Waals surface area (Å²) in [6.07, 6.45) is 1.20. The molecular weight excluding hydrogens is 279 g/mol. The van der Waals surface area contributed by atoms with Crippen molar-refractivity contribution in [1.82, 2.24) is 4.98 Å². The fraction of sp³-hybridized carbons (Fsp3) is 0. The van der Waals surface area contributed by atoms with Gasteiger partial charge in [0.05, 0.1) is 23.0 Å². The maximum Gasteiger partial charge on any atom is 0.251 e. The van der Waals surface area contributed by atoms with E-state index in [1.165, 1.54) is 24.4 Å². The number of pyridine rings is 1. The predicted molar refractivity (Wildman–Crippen MR) is 72.2 cm³/mol. The van der Waals surface area contributed by atoms with Crippen LogP contribution >= 0.6 is 0 Å². The number of halogens is 1. The summed E-state index contributed by atoms with van der Waals surface area (Å²) in [6.45, 7) is 0. The minimum Gasteiger partial charge on any atom is -0.439 e. The zero-order valence-electron chi connectivity index (χ0n) is 10.7. The van der Waals surface area contributed by atoms with Gasteiger partial charge in [0.1, 0.15) is 11.6 Å². The summed E-state index contributed by atoms with van der Waals surface area (Å²) in [6, 6.07) is 4.73. The first kappa shape index (κ1) is 14.3. The molecule has 7 nitrogen and oxygen atoms in total. The number of nitrogens with two attached hydrogens (primary N) is 3. The number of nitrogen functional groups attached to an aromatic ring is 1. The smallest absolute Gasteiger partial charge is 0.251 e.